The van der Waals surface area contributed by atoms with Gasteiger partial charge in [-0.1, -0.05) is 44.7 Å². The molecule has 1 aromatic carbocycles. The maximum atomic E-state index is 12.0. The van der Waals surface area contributed by atoms with Gasteiger partial charge in [0, 0.05) is 18.2 Å². The molecule has 6 heteroatoms. The van der Waals surface area contributed by atoms with Crippen LogP contribution in [0.4, 0.5) is 5.69 Å². The first-order valence-electron chi connectivity index (χ1n) is 7.21. The van der Waals surface area contributed by atoms with Gasteiger partial charge in [0.2, 0.25) is 0 Å². The molecule has 0 aliphatic carbocycles. The first-order valence-corrected chi connectivity index (χ1v) is 7.59. The van der Waals surface area contributed by atoms with Crippen LogP contribution in [0.1, 0.15) is 49.9 Å². The molecule has 1 amide bonds. The Bertz CT molecular complexity index is 506. The third-order valence-electron chi connectivity index (χ3n) is 3.50. The third kappa shape index (κ3) is 5.34. The molecular weight excluding hydrogens is 292 g/mol. The van der Waals surface area contributed by atoms with Gasteiger partial charge in [-0.3, -0.25) is 14.9 Å². The summed E-state index contributed by atoms with van der Waals surface area (Å²) in [7, 11) is 0. The van der Waals surface area contributed by atoms with Gasteiger partial charge in [-0.25, -0.2) is 0 Å². The zero-order chi connectivity index (χ0) is 15.8. The largest absolute Gasteiger partial charge is 0.352 e. The Balaban J connectivity index is 2.63. The normalized spacial score (nSPS) is 12.0. The van der Waals surface area contributed by atoms with E-state index in [1.807, 2.05) is 0 Å². The second kappa shape index (κ2) is 8.62. The lowest BCUT2D eigenvalue weighted by molar-refractivity contribution is -0.384. The molecule has 0 saturated carbocycles. The van der Waals surface area contributed by atoms with E-state index in [9.17, 15) is 14.9 Å². The maximum absolute atomic E-state index is 12.0. The van der Waals surface area contributed by atoms with Gasteiger partial charge in [-0.15, -0.1) is 0 Å². The summed E-state index contributed by atoms with van der Waals surface area (Å²) in [6.07, 6.45) is 4.40. The van der Waals surface area contributed by atoms with Crippen LogP contribution in [0.5, 0.6) is 0 Å². The monoisotopic (exact) mass is 312 g/mol. The summed E-state index contributed by atoms with van der Waals surface area (Å²) in [6.45, 7) is 4.86. The van der Waals surface area contributed by atoms with Crippen molar-refractivity contribution in [3.05, 3.63) is 38.9 Å². The van der Waals surface area contributed by atoms with E-state index in [-0.39, 0.29) is 16.6 Å². The minimum Gasteiger partial charge on any atom is -0.352 e. The fourth-order valence-electron chi connectivity index (χ4n) is 2.08. The fraction of sp³-hybridized carbons (Fsp3) is 0.533. The number of carbonyl (C=O) groups is 1. The predicted molar refractivity (Wildman–Crippen MR) is 83.7 cm³/mol. The van der Waals surface area contributed by atoms with E-state index in [1.54, 1.807) is 0 Å². The van der Waals surface area contributed by atoms with Gasteiger partial charge in [0.15, 0.2) is 0 Å². The van der Waals surface area contributed by atoms with Crippen molar-refractivity contribution < 1.29 is 9.72 Å². The van der Waals surface area contributed by atoms with Crippen LogP contribution in [0, 0.1) is 16.0 Å². The summed E-state index contributed by atoms with van der Waals surface area (Å²) in [4.78, 5) is 22.1. The van der Waals surface area contributed by atoms with Gasteiger partial charge in [-0.05, 0) is 24.5 Å². The van der Waals surface area contributed by atoms with Crippen molar-refractivity contribution in [1.29, 1.82) is 0 Å². The number of nitrogens with zero attached hydrogens (tertiary/aromatic N) is 1. The van der Waals surface area contributed by atoms with E-state index >= 15 is 0 Å². The van der Waals surface area contributed by atoms with Crippen molar-refractivity contribution >= 4 is 23.2 Å². The summed E-state index contributed by atoms with van der Waals surface area (Å²) in [5, 5.41) is 13.5. The van der Waals surface area contributed by atoms with Crippen molar-refractivity contribution in [3.8, 4) is 0 Å². The van der Waals surface area contributed by atoms with E-state index in [0.29, 0.717) is 18.0 Å². The lowest BCUT2D eigenvalue weighted by Crippen LogP contribution is -2.29. The van der Waals surface area contributed by atoms with E-state index in [4.69, 9.17) is 11.6 Å². The molecule has 5 nitrogen and oxygen atoms in total. The average Bonchev–Trinajstić information content (AvgIpc) is 2.46. The lowest BCUT2D eigenvalue weighted by atomic mass is 9.99. The van der Waals surface area contributed by atoms with Gasteiger partial charge in [0.1, 0.15) is 5.02 Å². The molecule has 0 aliphatic heterocycles. The molecule has 0 aromatic heterocycles. The zero-order valence-electron chi connectivity index (χ0n) is 12.4. The summed E-state index contributed by atoms with van der Waals surface area (Å²) in [6, 6.07) is 4.01. The van der Waals surface area contributed by atoms with Gasteiger partial charge < -0.3 is 5.32 Å². The molecule has 1 aromatic rings. The molecule has 0 fully saturated rings. The molecule has 1 unspecified atom stereocenters. The van der Waals surface area contributed by atoms with Crippen LogP contribution in [-0.2, 0) is 0 Å². The fourth-order valence-corrected chi connectivity index (χ4v) is 2.33. The molecule has 0 heterocycles. The highest BCUT2D eigenvalue weighted by Crippen LogP contribution is 2.25. The number of hydrogen-bond donors (Lipinski definition) is 1. The second-order valence-corrected chi connectivity index (χ2v) is 5.46. The van der Waals surface area contributed by atoms with Crippen LogP contribution in [0.2, 0.25) is 5.02 Å². The number of rotatable bonds is 8. The highest BCUT2D eigenvalue weighted by Gasteiger charge is 2.16. The molecule has 0 spiro atoms. The Kier molecular flexibility index (Phi) is 7.15. The number of carbonyl (C=O) groups excluding carboxylic acids is 1. The highest BCUT2D eigenvalue weighted by atomic mass is 35.5. The van der Waals surface area contributed by atoms with Crippen LogP contribution in [0.25, 0.3) is 0 Å². The molecule has 1 rings (SSSR count). The van der Waals surface area contributed by atoms with Gasteiger partial charge in [0.25, 0.3) is 11.6 Å². The highest BCUT2D eigenvalue weighted by molar-refractivity contribution is 6.33. The Labute approximate surface area is 129 Å². The number of nitro groups is 1. The van der Waals surface area contributed by atoms with E-state index in [0.717, 1.165) is 25.7 Å². The van der Waals surface area contributed by atoms with Crippen LogP contribution >= 0.6 is 11.6 Å². The molecule has 0 radical (unpaired) electrons. The smallest absolute Gasteiger partial charge is 0.287 e. The van der Waals surface area contributed by atoms with Gasteiger partial charge in [-0.2, -0.15) is 0 Å². The number of halogens is 1. The molecule has 0 aliphatic rings. The van der Waals surface area contributed by atoms with Crippen molar-refractivity contribution in [2.75, 3.05) is 6.54 Å². The SMILES string of the molecule is CCCCC(CC)CNC(=O)c1ccc([N+](=O)[O-])c(Cl)c1. The Morgan fingerprint density at radius 1 is 1.43 bits per heavy atom. The zero-order valence-corrected chi connectivity index (χ0v) is 13.2. The Morgan fingerprint density at radius 2 is 2.14 bits per heavy atom. The molecule has 116 valence electrons. The minimum absolute atomic E-state index is 0.0225. The average molecular weight is 313 g/mol. The third-order valence-corrected chi connectivity index (χ3v) is 3.80. The van der Waals surface area contributed by atoms with Gasteiger partial charge >= 0.3 is 0 Å². The first kappa shape index (κ1) is 17.4. The number of amides is 1. The number of nitro benzene ring substituents is 1. The maximum Gasteiger partial charge on any atom is 0.287 e. The van der Waals surface area contributed by atoms with E-state index in [1.165, 1.54) is 18.2 Å². The summed E-state index contributed by atoms with van der Waals surface area (Å²) >= 11 is 5.81. The second-order valence-electron chi connectivity index (χ2n) is 5.05. The van der Waals surface area contributed by atoms with Crippen LogP contribution in [-0.4, -0.2) is 17.4 Å². The number of nitrogens with one attached hydrogen (secondary N) is 1. The topological polar surface area (TPSA) is 72.2 Å². The quantitative estimate of drug-likeness (QED) is 0.577. The van der Waals surface area contributed by atoms with Crippen molar-refractivity contribution in [1.82, 2.24) is 5.32 Å². The lowest BCUT2D eigenvalue weighted by Gasteiger charge is -2.15. The molecule has 21 heavy (non-hydrogen) atoms. The van der Waals surface area contributed by atoms with E-state index < -0.39 is 4.92 Å². The van der Waals surface area contributed by atoms with Gasteiger partial charge in [0.05, 0.1) is 4.92 Å². The summed E-state index contributed by atoms with van der Waals surface area (Å²) < 4.78 is 0. The van der Waals surface area contributed by atoms with Crippen LogP contribution in [0.3, 0.4) is 0 Å². The molecule has 0 bridgehead atoms. The Morgan fingerprint density at radius 3 is 2.67 bits per heavy atom. The van der Waals surface area contributed by atoms with Crippen molar-refractivity contribution in [2.45, 2.75) is 39.5 Å². The van der Waals surface area contributed by atoms with Crippen molar-refractivity contribution in [3.63, 3.8) is 0 Å². The molecule has 1 atom stereocenters. The summed E-state index contributed by atoms with van der Waals surface area (Å²) in [5.41, 5.74) is 0.151. The Hall–Kier alpha value is -1.62. The minimum atomic E-state index is -0.568. The standard InChI is InChI=1S/C15H21ClN2O3/c1-3-5-6-11(4-2)10-17-15(19)12-7-8-14(18(20)21)13(16)9-12/h7-9,11H,3-6,10H2,1-2H3,(H,17,19). The first-order chi connectivity index (χ1) is 9.99. The number of hydrogen-bond acceptors (Lipinski definition) is 3. The molecule has 0 saturated heterocycles. The van der Waals surface area contributed by atoms with E-state index in [2.05, 4.69) is 19.2 Å². The number of unbranched alkanes of at least 4 members (excludes halogenated alkanes) is 1. The number of benzene rings is 1. The van der Waals surface area contributed by atoms with Crippen LogP contribution in [0.15, 0.2) is 18.2 Å². The molecule has 1 N–H and O–H groups in total. The van der Waals surface area contributed by atoms with Crippen molar-refractivity contribution in [2.24, 2.45) is 5.92 Å². The summed E-state index contributed by atoms with van der Waals surface area (Å²) in [5.74, 6) is 0.212. The van der Waals surface area contributed by atoms with Crippen LogP contribution < -0.4 is 5.32 Å². The predicted octanol–water partition coefficient (Wildman–Crippen LogP) is 4.19. The molecular formula is C15H21ClN2O3.